The van der Waals surface area contributed by atoms with E-state index in [1.807, 2.05) is 36.4 Å². The topological polar surface area (TPSA) is 167 Å². The van der Waals surface area contributed by atoms with Gasteiger partial charge in [-0.2, -0.15) is 0 Å². The van der Waals surface area contributed by atoms with Gasteiger partial charge in [0.05, 0.1) is 26.9 Å². The van der Waals surface area contributed by atoms with Crippen molar-refractivity contribution in [3.05, 3.63) is 71.8 Å². The average molecular weight is 625 g/mol. The van der Waals surface area contributed by atoms with Crippen molar-refractivity contribution in [2.45, 2.75) is 39.6 Å². The normalized spacial score (nSPS) is 12.3. The first-order valence-electron chi connectivity index (χ1n) is 13.0. The molecule has 2 aromatic carbocycles. The zero-order valence-electron chi connectivity index (χ0n) is 23.8. The Morgan fingerprint density at radius 2 is 1.43 bits per heavy atom. The number of nitrogens with one attached hydrogen (secondary N) is 2. The van der Waals surface area contributed by atoms with E-state index < -0.39 is 42.2 Å². The summed E-state index contributed by atoms with van der Waals surface area (Å²) in [5.41, 5.74) is 0.291. The second-order valence-electron chi connectivity index (χ2n) is 9.65. The van der Waals surface area contributed by atoms with E-state index >= 15 is 0 Å². The van der Waals surface area contributed by atoms with Gasteiger partial charge in [-0.05, 0) is 11.1 Å². The molecule has 0 aliphatic carbocycles. The summed E-state index contributed by atoms with van der Waals surface area (Å²) in [6, 6.07) is 18.1. The number of phosphoric ester groups is 1. The summed E-state index contributed by atoms with van der Waals surface area (Å²) in [6.45, 7) is 2.74. The summed E-state index contributed by atoms with van der Waals surface area (Å²) in [6.07, 6.45) is -1.65. The minimum Gasteiger partial charge on any atom is -0.463 e. The third-order valence-electron chi connectivity index (χ3n) is 5.71. The third kappa shape index (κ3) is 12.8. The van der Waals surface area contributed by atoms with Crippen LogP contribution in [0.4, 0.5) is 0 Å². The Balaban J connectivity index is 1.84. The Morgan fingerprint density at radius 1 is 0.881 bits per heavy atom. The van der Waals surface area contributed by atoms with E-state index in [2.05, 4.69) is 15.4 Å². The van der Waals surface area contributed by atoms with Gasteiger partial charge in [-0.1, -0.05) is 86.3 Å². The number of esters is 1. The summed E-state index contributed by atoms with van der Waals surface area (Å²) in [5.74, 6) is -1.94. The van der Waals surface area contributed by atoms with Crippen molar-refractivity contribution in [3.8, 4) is 0 Å². The Labute approximate surface area is 249 Å². The molecule has 0 bridgehead atoms. The number of aliphatic hydroxyl groups excluding tert-OH is 1. The second kappa shape index (κ2) is 17.8. The molecular weight excluding hydrogens is 587 g/mol. The van der Waals surface area contributed by atoms with Crippen molar-refractivity contribution in [2.24, 2.45) is 5.41 Å². The standard InChI is InChI=1S/C28H37N2O10PS/c1-28(2,24(32)25(33)30-15-14-23(31)29-16-17-42-27(35)26(34)37-3)20-40-41(36,38-18-21-10-6-4-7-11-21)39-19-22-12-8-5-9-13-22/h4-13,24,32H,14-20H2,1-3H3,(H,29,31)(H,30,33)/t24-/m0/s1. The molecule has 3 N–H and O–H groups in total. The average Bonchev–Trinajstić information content (AvgIpc) is 3.00. The molecule has 0 saturated carbocycles. The Bertz CT molecular complexity index is 1170. The highest BCUT2D eigenvalue weighted by atomic mass is 32.2. The number of phosphoric acid groups is 1. The SMILES string of the molecule is COC(=O)C(=O)SCCNC(=O)CCNC(=O)[C@H](O)C(C)(C)COP(=O)(OCc1ccccc1)OCc1ccccc1. The zero-order valence-corrected chi connectivity index (χ0v) is 25.5. The molecule has 0 spiro atoms. The number of methoxy groups -OCH3 is 1. The molecule has 1 atom stereocenters. The summed E-state index contributed by atoms with van der Waals surface area (Å²) in [5, 5.41) is 15.0. The predicted molar refractivity (Wildman–Crippen MR) is 156 cm³/mol. The third-order valence-corrected chi connectivity index (χ3v) is 7.88. The van der Waals surface area contributed by atoms with Gasteiger partial charge >= 0.3 is 13.8 Å². The maximum Gasteiger partial charge on any atom is 0.475 e. The molecule has 0 radical (unpaired) electrons. The number of amides is 2. The Morgan fingerprint density at radius 3 is 1.95 bits per heavy atom. The molecule has 12 nitrogen and oxygen atoms in total. The maximum absolute atomic E-state index is 13.5. The quantitative estimate of drug-likeness (QED) is 0.102. The number of ether oxygens (including phenoxy) is 1. The summed E-state index contributed by atoms with van der Waals surface area (Å²) >= 11 is 0.716. The van der Waals surface area contributed by atoms with E-state index in [0.717, 1.165) is 18.2 Å². The lowest BCUT2D eigenvalue weighted by Crippen LogP contribution is -2.46. The first-order valence-corrected chi connectivity index (χ1v) is 15.5. The maximum atomic E-state index is 13.5. The van der Waals surface area contributed by atoms with Gasteiger partial charge in [0.25, 0.3) is 5.12 Å². The smallest absolute Gasteiger partial charge is 0.463 e. The Kier molecular flexibility index (Phi) is 14.9. The van der Waals surface area contributed by atoms with Crippen LogP contribution in [0.1, 0.15) is 31.4 Å². The van der Waals surface area contributed by atoms with Crippen molar-refractivity contribution in [1.82, 2.24) is 10.6 Å². The lowest BCUT2D eigenvalue weighted by Gasteiger charge is -2.30. The van der Waals surface area contributed by atoms with Crippen LogP contribution in [-0.4, -0.2) is 66.7 Å². The van der Waals surface area contributed by atoms with Crippen molar-refractivity contribution < 1.29 is 47.2 Å². The van der Waals surface area contributed by atoms with E-state index in [0.29, 0.717) is 11.8 Å². The number of thioether (sulfide) groups is 1. The highest BCUT2D eigenvalue weighted by molar-refractivity contribution is 8.15. The first kappa shape index (κ1) is 35.1. The van der Waals surface area contributed by atoms with Gasteiger partial charge < -0.3 is 20.5 Å². The van der Waals surface area contributed by atoms with Crippen LogP contribution in [0, 0.1) is 5.41 Å². The van der Waals surface area contributed by atoms with Crippen LogP contribution in [0.2, 0.25) is 0 Å². The first-order chi connectivity index (χ1) is 20.0. The lowest BCUT2D eigenvalue weighted by atomic mass is 9.87. The molecule has 0 aliphatic rings. The van der Waals surface area contributed by atoms with E-state index in [1.165, 1.54) is 0 Å². The molecular formula is C28H37N2O10PS. The number of carbonyl (C=O) groups is 4. The number of carbonyl (C=O) groups excluding carboxylic acids is 4. The molecule has 230 valence electrons. The largest absolute Gasteiger partial charge is 0.475 e. The van der Waals surface area contributed by atoms with Gasteiger partial charge in [0.2, 0.25) is 11.8 Å². The molecule has 0 unspecified atom stereocenters. The van der Waals surface area contributed by atoms with Crippen LogP contribution in [-0.2, 0) is 55.3 Å². The van der Waals surface area contributed by atoms with Gasteiger partial charge in [0, 0.05) is 30.7 Å². The van der Waals surface area contributed by atoms with Crippen molar-refractivity contribution in [3.63, 3.8) is 0 Å². The van der Waals surface area contributed by atoms with E-state index in [1.54, 1.807) is 38.1 Å². The zero-order chi connectivity index (χ0) is 31.0. The molecule has 0 aliphatic heterocycles. The van der Waals surface area contributed by atoms with Gasteiger partial charge in [0.1, 0.15) is 6.10 Å². The second-order valence-corrected chi connectivity index (χ2v) is 12.4. The molecule has 2 amide bonds. The molecule has 2 aromatic rings. The van der Waals surface area contributed by atoms with Crippen LogP contribution >= 0.6 is 19.6 Å². The fourth-order valence-electron chi connectivity index (χ4n) is 3.21. The van der Waals surface area contributed by atoms with Gasteiger partial charge in [-0.3, -0.25) is 28.0 Å². The molecule has 2 rings (SSSR count). The number of benzene rings is 2. The van der Waals surface area contributed by atoms with Crippen LogP contribution < -0.4 is 10.6 Å². The van der Waals surface area contributed by atoms with Crippen LogP contribution in [0.15, 0.2) is 60.7 Å². The van der Waals surface area contributed by atoms with E-state index in [9.17, 15) is 28.8 Å². The Hall–Kier alpha value is -3.06. The monoisotopic (exact) mass is 624 g/mol. The molecule has 0 saturated heterocycles. The minimum absolute atomic E-state index is 0.0429. The lowest BCUT2D eigenvalue weighted by molar-refractivity contribution is -0.147. The summed E-state index contributed by atoms with van der Waals surface area (Å²) in [7, 11) is -3.02. The van der Waals surface area contributed by atoms with Crippen molar-refractivity contribution in [1.29, 1.82) is 0 Å². The summed E-state index contributed by atoms with van der Waals surface area (Å²) < 4.78 is 34.6. The molecule has 0 heterocycles. The van der Waals surface area contributed by atoms with Crippen LogP contribution in [0.25, 0.3) is 0 Å². The minimum atomic E-state index is -4.12. The number of hydrogen-bond donors (Lipinski definition) is 3. The van der Waals surface area contributed by atoms with Crippen LogP contribution in [0.3, 0.4) is 0 Å². The number of rotatable bonds is 17. The van der Waals surface area contributed by atoms with E-state index in [4.69, 9.17) is 13.6 Å². The van der Waals surface area contributed by atoms with Gasteiger partial charge in [0.15, 0.2) is 0 Å². The molecule has 0 aromatic heterocycles. The molecule has 14 heteroatoms. The van der Waals surface area contributed by atoms with Gasteiger partial charge in [-0.15, -0.1) is 0 Å². The van der Waals surface area contributed by atoms with Crippen molar-refractivity contribution >= 4 is 42.5 Å². The van der Waals surface area contributed by atoms with Crippen molar-refractivity contribution in [2.75, 3.05) is 32.6 Å². The fraction of sp³-hybridized carbons (Fsp3) is 0.429. The highest BCUT2D eigenvalue weighted by Crippen LogP contribution is 2.52. The number of hydrogen-bond acceptors (Lipinski definition) is 11. The van der Waals surface area contributed by atoms with Crippen LogP contribution in [0.5, 0.6) is 0 Å². The van der Waals surface area contributed by atoms with E-state index in [-0.39, 0.29) is 45.1 Å². The molecule has 0 fully saturated rings. The fourth-order valence-corrected chi connectivity index (χ4v) is 5.13. The molecule has 42 heavy (non-hydrogen) atoms. The highest BCUT2D eigenvalue weighted by Gasteiger charge is 2.38. The number of aliphatic hydroxyl groups is 1. The summed E-state index contributed by atoms with van der Waals surface area (Å²) in [4.78, 5) is 47.0. The van der Waals surface area contributed by atoms with Gasteiger partial charge in [-0.25, -0.2) is 9.36 Å². The predicted octanol–water partition coefficient (Wildman–Crippen LogP) is 2.99.